The van der Waals surface area contributed by atoms with Crippen LogP contribution in [0.2, 0.25) is 0 Å². The Morgan fingerprint density at radius 2 is 1.89 bits per heavy atom. The minimum absolute atomic E-state index is 0.187. The van der Waals surface area contributed by atoms with Gasteiger partial charge >= 0.3 is 5.97 Å². The summed E-state index contributed by atoms with van der Waals surface area (Å²) < 4.78 is 1.15. The van der Waals surface area contributed by atoms with E-state index in [1.165, 1.54) is 20.3 Å². The predicted octanol–water partition coefficient (Wildman–Crippen LogP) is -1.28. The number of aromatic nitrogens is 1. The van der Waals surface area contributed by atoms with Gasteiger partial charge in [0.2, 0.25) is 0 Å². The molecule has 4 N–H and O–H groups in total. The zero-order chi connectivity index (χ0) is 21.0. The molecule has 152 valence electrons. The molecule has 1 amide bonds. The van der Waals surface area contributed by atoms with Crippen molar-refractivity contribution >= 4 is 24.2 Å². The standard InChI is InChI=1S/C19H26N4O5/c1-12(23-7-5-4-6-8-23)9-13-14(10-20)22(3)19(28)16(17(13)26)18(27)21(2)11-15(24)25/h9-10,26H,1,4-8,11,20H2,2-3H3,(H,24,25)/b13-9+,14-10+. The van der Waals surface area contributed by atoms with Gasteiger partial charge in [0.25, 0.3) is 11.5 Å². The summed E-state index contributed by atoms with van der Waals surface area (Å²) in [6.07, 6.45) is 5.97. The van der Waals surface area contributed by atoms with Crippen LogP contribution in [-0.2, 0) is 11.8 Å². The van der Waals surface area contributed by atoms with Gasteiger partial charge in [0.1, 0.15) is 17.9 Å². The number of aromatic hydroxyl groups is 1. The number of aliphatic carboxylic acids is 1. The Hall–Kier alpha value is -3.23. The first-order valence-corrected chi connectivity index (χ1v) is 8.95. The maximum absolute atomic E-state index is 12.6. The first kappa shape index (κ1) is 21.1. The van der Waals surface area contributed by atoms with E-state index in [0.29, 0.717) is 5.70 Å². The summed E-state index contributed by atoms with van der Waals surface area (Å²) in [4.78, 5) is 39.0. The summed E-state index contributed by atoms with van der Waals surface area (Å²) in [6.45, 7) is 5.09. The number of piperidine rings is 1. The van der Waals surface area contributed by atoms with Crippen LogP contribution in [0.1, 0.15) is 29.6 Å². The summed E-state index contributed by atoms with van der Waals surface area (Å²) in [6, 6.07) is 0. The first-order valence-electron chi connectivity index (χ1n) is 8.95. The van der Waals surface area contributed by atoms with E-state index < -0.39 is 35.3 Å². The van der Waals surface area contributed by atoms with Crippen LogP contribution in [0.25, 0.3) is 12.3 Å². The van der Waals surface area contributed by atoms with Crippen LogP contribution in [0.3, 0.4) is 0 Å². The molecule has 9 nitrogen and oxygen atoms in total. The van der Waals surface area contributed by atoms with Crippen molar-refractivity contribution in [3.8, 4) is 5.75 Å². The average Bonchev–Trinajstić information content (AvgIpc) is 2.66. The van der Waals surface area contributed by atoms with Crippen LogP contribution in [-0.4, -0.2) is 63.1 Å². The number of nitrogens with two attached hydrogens (primary N) is 1. The smallest absolute Gasteiger partial charge is 0.323 e. The van der Waals surface area contributed by atoms with E-state index in [2.05, 4.69) is 11.5 Å². The van der Waals surface area contributed by atoms with E-state index in [9.17, 15) is 19.5 Å². The summed E-state index contributed by atoms with van der Waals surface area (Å²) in [5, 5.41) is 20.0. The second-order valence-corrected chi connectivity index (χ2v) is 6.79. The molecule has 1 fully saturated rings. The van der Waals surface area contributed by atoms with Crippen LogP contribution >= 0.6 is 0 Å². The number of carboxylic acid groups (broad SMARTS) is 1. The molecule has 0 atom stereocenters. The van der Waals surface area contributed by atoms with Gasteiger partial charge in [-0.25, -0.2) is 0 Å². The highest BCUT2D eigenvalue weighted by Gasteiger charge is 2.24. The number of hydrogen-bond donors (Lipinski definition) is 3. The third-order valence-corrected chi connectivity index (χ3v) is 4.81. The second kappa shape index (κ2) is 8.64. The van der Waals surface area contributed by atoms with Crippen molar-refractivity contribution in [2.45, 2.75) is 19.3 Å². The van der Waals surface area contributed by atoms with Gasteiger partial charge in [-0.2, -0.15) is 0 Å². The number of hydrogen-bond acceptors (Lipinski definition) is 6. The lowest BCUT2D eigenvalue weighted by atomic mass is 10.1. The molecule has 0 saturated carbocycles. The Bertz CT molecular complexity index is 974. The molecule has 1 aliphatic heterocycles. The molecule has 28 heavy (non-hydrogen) atoms. The second-order valence-electron chi connectivity index (χ2n) is 6.79. The van der Waals surface area contributed by atoms with Crippen LogP contribution in [0.4, 0.5) is 0 Å². The lowest BCUT2D eigenvalue weighted by Crippen LogP contribution is -2.47. The third-order valence-electron chi connectivity index (χ3n) is 4.81. The number of carbonyl (C=O) groups excluding carboxylic acids is 1. The maximum atomic E-state index is 12.6. The number of amides is 1. The predicted molar refractivity (Wildman–Crippen MR) is 105 cm³/mol. The fourth-order valence-electron chi connectivity index (χ4n) is 3.26. The normalized spacial score (nSPS) is 15.6. The molecule has 9 heteroatoms. The van der Waals surface area contributed by atoms with Gasteiger partial charge < -0.3 is 30.3 Å². The SMILES string of the molecule is C=C(/C=c1/c(O)c(C(=O)N(C)CC(=O)O)c(=O)n(C)/c1=C/N)N1CCCCC1. The molecular formula is C19H26N4O5. The molecule has 1 aromatic heterocycles. The van der Waals surface area contributed by atoms with Gasteiger partial charge in [-0.3, -0.25) is 14.4 Å². The molecule has 0 aliphatic carbocycles. The van der Waals surface area contributed by atoms with Crippen molar-refractivity contribution in [2.75, 3.05) is 26.7 Å². The van der Waals surface area contributed by atoms with Crippen molar-refractivity contribution in [1.82, 2.24) is 14.4 Å². The molecule has 0 unspecified atom stereocenters. The van der Waals surface area contributed by atoms with Gasteiger partial charge in [-0.05, 0) is 25.3 Å². The molecule has 2 rings (SSSR count). The van der Waals surface area contributed by atoms with Gasteiger partial charge in [0.05, 0.1) is 5.35 Å². The van der Waals surface area contributed by atoms with Gasteiger partial charge in [-0.15, -0.1) is 0 Å². The largest absolute Gasteiger partial charge is 0.506 e. The number of likely N-dealkylation sites (tertiary alicyclic amines) is 1. The summed E-state index contributed by atoms with van der Waals surface area (Å²) in [5.74, 6) is -2.66. The highest BCUT2D eigenvalue weighted by Crippen LogP contribution is 2.15. The number of allylic oxidation sites excluding steroid dienone is 1. The number of likely N-dealkylation sites (N-methyl/N-ethyl adjacent to an activating group) is 1. The Morgan fingerprint density at radius 1 is 1.29 bits per heavy atom. The zero-order valence-electron chi connectivity index (χ0n) is 16.1. The van der Waals surface area contributed by atoms with Crippen LogP contribution in [0.5, 0.6) is 5.75 Å². The van der Waals surface area contributed by atoms with E-state index in [1.807, 2.05) is 0 Å². The molecule has 0 bridgehead atoms. The first-order chi connectivity index (χ1) is 13.2. The van der Waals surface area contributed by atoms with Crippen LogP contribution < -0.4 is 21.9 Å². The minimum atomic E-state index is -1.23. The van der Waals surface area contributed by atoms with Crippen molar-refractivity contribution in [1.29, 1.82) is 0 Å². The van der Waals surface area contributed by atoms with E-state index in [1.54, 1.807) is 6.08 Å². The van der Waals surface area contributed by atoms with Gasteiger partial charge in [-0.1, -0.05) is 6.58 Å². The minimum Gasteiger partial charge on any atom is -0.506 e. The van der Waals surface area contributed by atoms with Crippen LogP contribution in [0, 0.1) is 0 Å². The Balaban J connectivity index is 2.66. The van der Waals surface area contributed by atoms with E-state index in [-0.39, 0.29) is 10.6 Å². The molecular weight excluding hydrogens is 364 g/mol. The average molecular weight is 390 g/mol. The molecule has 0 radical (unpaired) electrons. The lowest BCUT2D eigenvalue weighted by molar-refractivity contribution is -0.137. The third kappa shape index (κ3) is 4.19. The van der Waals surface area contributed by atoms with E-state index in [0.717, 1.165) is 41.8 Å². The highest BCUT2D eigenvalue weighted by atomic mass is 16.4. The summed E-state index contributed by atoms with van der Waals surface area (Å²) >= 11 is 0. The number of pyridine rings is 1. The molecule has 0 spiro atoms. The topological polar surface area (TPSA) is 129 Å². The maximum Gasteiger partial charge on any atom is 0.323 e. The van der Waals surface area contributed by atoms with E-state index in [4.69, 9.17) is 10.8 Å². The number of nitrogens with zero attached hydrogens (tertiary/aromatic N) is 3. The van der Waals surface area contributed by atoms with Crippen molar-refractivity contribution in [2.24, 2.45) is 12.8 Å². The van der Waals surface area contributed by atoms with Gasteiger partial charge in [0, 0.05) is 44.3 Å². The molecule has 1 aliphatic rings. The molecule has 1 saturated heterocycles. The molecule has 2 heterocycles. The van der Waals surface area contributed by atoms with Crippen molar-refractivity contribution in [3.63, 3.8) is 0 Å². The van der Waals surface area contributed by atoms with E-state index >= 15 is 0 Å². The van der Waals surface area contributed by atoms with Crippen LogP contribution in [0.15, 0.2) is 17.1 Å². The number of carboxylic acids is 1. The summed E-state index contributed by atoms with van der Waals surface area (Å²) in [7, 11) is 2.67. The molecule has 1 aromatic rings. The summed E-state index contributed by atoms with van der Waals surface area (Å²) in [5.41, 5.74) is 5.02. The zero-order valence-corrected chi connectivity index (χ0v) is 16.1. The quantitative estimate of drug-likeness (QED) is 0.571. The Labute approximate surface area is 162 Å². The fourth-order valence-corrected chi connectivity index (χ4v) is 3.26. The number of carbonyl (C=O) groups is 2. The lowest BCUT2D eigenvalue weighted by Gasteiger charge is -2.29. The molecule has 0 aromatic carbocycles. The highest BCUT2D eigenvalue weighted by molar-refractivity contribution is 5.97. The monoisotopic (exact) mass is 390 g/mol. The van der Waals surface area contributed by atoms with Gasteiger partial charge in [0.15, 0.2) is 0 Å². The van der Waals surface area contributed by atoms with Crippen molar-refractivity contribution < 1.29 is 19.8 Å². The number of rotatable bonds is 5. The Morgan fingerprint density at radius 3 is 2.43 bits per heavy atom. The Kier molecular flexibility index (Phi) is 6.50. The van der Waals surface area contributed by atoms with Crippen molar-refractivity contribution in [3.05, 3.63) is 38.8 Å². The fraction of sp³-hybridized carbons (Fsp3) is 0.421.